The van der Waals surface area contributed by atoms with Gasteiger partial charge in [0.1, 0.15) is 17.6 Å². The number of fused-ring (bicyclic) bond motifs is 1. The number of aryl methyl sites for hydroxylation is 2. The standard InChI is InChI=1S/C18H27FN2O3/c1-18(2,3)24-17(23)21-11-4-5-13-6-8-15(20-16(13)21)9-7-14(19)10-12-22/h6,8,14,22H,4-5,7,9-12H2,1-3H3/t14-/m1/s1. The maximum Gasteiger partial charge on any atom is 0.416 e. The van der Waals surface area contributed by atoms with Crippen molar-refractivity contribution >= 4 is 11.9 Å². The number of anilines is 1. The van der Waals surface area contributed by atoms with E-state index in [4.69, 9.17) is 9.84 Å². The van der Waals surface area contributed by atoms with Crippen molar-refractivity contribution < 1.29 is 19.0 Å². The summed E-state index contributed by atoms with van der Waals surface area (Å²) in [4.78, 5) is 18.6. The van der Waals surface area contributed by atoms with Gasteiger partial charge in [0, 0.05) is 25.3 Å². The molecule has 0 saturated heterocycles. The molecule has 2 heterocycles. The second-order valence-electron chi connectivity index (χ2n) is 7.17. The molecule has 134 valence electrons. The lowest BCUT2D eigenvalue weighted by atomic mass is 10.0. The van der Waals surface area contributed by atoms with Crippen molar-refractivity contribution in [2.24, 2.45) is 0 Å². The lowest BCUT2D eigenvalue weighted by molar-refractivity contribution is 0.0576. The molecule has 24 heavy (non-hydrogen) atoms. The molecule has 1 aromatic rings. The van der Waals surface area contributed by atoms with Gasteiger partial charge in [-0.2, -0.15) is 0 Å². The molecule has 1 amide bonds. The van der Waals surface area contributed by atoms with Gasteiger partial charge in [-0.3, -0.25) is 4.90 Å². The van der Waals surface area contributed by atoms with Gasteiger partial charge < -0.3 is 9.84 Å². The third-order valence-electron chi connectivity index (χ3n) is 3.87. The summed E-state index contributed by atoms with van der Waals surface area (Å²) < 4.78 is 19.0. The number of amides is 1. The summed E-state index contributed by atoms with van der Waals surface area (Å²) in [6, 6.07) is 3.86. The maximum absolute atomic E-state index is 13.5. The number of hydrogen-bond acceptors (Lipinski definition) is 4. The molecule has 6 heteroatoms. The first-order valence-corrected chi connectivity index (χ1v) is 8.54. The van der Waals surface area contributed by atoms with Gasteiger partial charge in [0.05, 0.1) is 0 Å². The molecule has 0 spiro atoms. The second kappa shape index (κ2) is 7.92. The first-order valence-electron chi connectivity index (χ1n) is 8.54. The van der Waals surface area contributed by atoms with E-state index in [0.29, 0.717) is 25.2 Å². The maximum atomic E-state index is 13.5. The molecule has 1 N–H and O–H groups in total. The molecule has 0 fully saturated rings. The molecule has 0 aromatic carbocycles. The van der Waals surface area contributed by atoms with Crippen molar-refractivity contribution in [3.8, 4) is 0 Å². The van der Waals surface area contributed by atoms with Crippen LogP contribution in [0.4, 0.5) is 15.0 Å². The van der Waals surface area contributed by atoms with Gasteiger partial charge in [-0.15, -0.1) is 0 Å². The van der Waals surface area contributed by atoms with Crippen molar-refractivity contribution in [2.45, 2.75) is 64.6 Å². The first-order chi connectivity index (χ1) is 11.3. The Morgan fingerprint density at radius 2 is 2.17 bits per heavy atom. The Morgan fingerprint density at radius 3 is 2.83 bits per heavy atom. The zero-order chi connectivity index (χ0) is 17.7. The Labute approximate surface area is 142 Å². The highest BCUT2D eigenvalue weighted by Gasteiger charge is 2.28. The van der Waals surface area contributed by atoms with Crippen LogP contribution in [-0.4, -0.2) is 41.1 Å². The van der Waals surface area contributed by atoms with Gasteiger partial charge in [0.2, 0.25) is 0 Å². The number of rotatable bonds is 5. The van der Waals surface area contributed by atoms with E-state index in [2.05, 4.69) is 4.98 Å². The van der Waals surface area contributed by atoms with Crippen LogP contribution in [0, 0.1) is 0 Å². The lowest BCUT2D eigenvalue weighted by Gasteiger charge is -2.31. The highest BCUT2D eigenvalue weighted by Crippen LogP contribution is 2.27. The number of ether oxygens (including phenoxy) is 1. The van der Waals surface area contributed by atoms with Crippen molar-refractivity contribution in [2.75, 3.05) is 18.1 Å². The topological polar surface area (TPSA) is 62.7 Å². The number of hydrogen-bond donors (Lipinski definition) is 1. The number of aliphatic hydroxyl groups excluding tert-OH is 1. The Kier molecular flexibility index (Phi) is 6.15. The normalized spacial score (nSPS) is 15.8. The average Bonchev–Trinajstić information content (AvgIpc) is 2.50. The highest BCUT2D eigenvalue weighted by molar-refractivity contribution is 5.88. The van der Waals surface area contributed by atoms with E-state index >= 15 is 0 Å². The van der Waals surface area contributed by atoms with Gasteiger partial charge in [-0.05, 0) is 58.1 Å². The van der Waals surface area contributed by atoms with Crippen LogP contribution < -0.4 is 4.90 Å². The molecule has 1 aromatic heterocycles. The van der Waals surface area contributed by atoms with Crippen LogP contribution in [0.5, 0.6) is 0 Å². The van der Waals surface area contributed by atoms with Crippen LogP contribution in [-0.2, 0) is 17.6 Å². The minimum Gasteiger partial charge on any atom is -0.443 e. The SMILES string of the molecule is CC(C)(C)OC(=O)N1CCCc2ccc(CC[C@@H](F)CCO)nc21. The monoisotopic (exact) mass is 338 g/mol. The largest absolute Gasteiger partial charge is 0.443 e. The minimum absolute atomic E-state index is 0.148. The van der Waals surface area contributed by atoms with Crippen LogP contribution in [0.15, 0.2) is 12.1 Å². The fourth-order valence-electron chi connectivity index (χ4n) is 2.70. The molecule has 1 aliphatic rings. The molecule has 0 aliphatic carbocycles. The predicted molar refractivity (Wildman–Crippen MR) is 91.1 cm³/mol. The number of nitrogens with zero attached hydrogens (tertiary/aromatic N) is 2. The molecule has 0 unspecified atom stereocenters. The summed E-state index contributed by atoms with van der Waals surface area (Å²) in [5.74, 6) is 0.630. The minimum atomic E-state index is -1.03. The van der Waals surface area contributed by atoms with E-state index in [1.807, 2.05) is 32.9 Å². The molecule has 0 saturated carbocycles. The van der Waals surface area contributed by atoms with Gasteiger partial charge >= 0.3 is 6.09 Å². The summed E-state index contributed by atoms with van der Waals surface area (Å²) in [5, 5.41) is 8.77. The summed E-state index contributed by atoms with van der Waals surface area (Å²) in [7, 11) is 0. The van der Waals surface area contributed by atoms with Crippen molar-refractivity contribution in [3.05, 3.63) is 23.4 Å². The van der Waals surface area contributed by atoms with Crippen LogP contribution in [0.3, 0.4) is 0 Å². The zero-order valence-electron chi connectivity index (χ0n) is 14.7. The molecular weight excluding hydrogens is 311 g/mol. The van der Waals surface area contributed by atoms with E-state index in [1.165, 1.54) is 0 Å². The summed E-state index contributed by atoms with van der Waals surface area (Å²) in [6.45, 7) is 5.94. The number of pyridine rings is 1. The summed E-state index contributed by atoms with van der Waals surface area (Å²) in [5.41, 5.74) is 1.21. The Bertz CT molecular complexity index is 572. The number of aliphatic hydroxyl groups is 1. The van der Waals surface area contributed by atoms with Crippen molar-refractivity contribution in [1.29, 1.82) is 0 Å². The first kappa shape index (κ1) is 18.6. The summed E-state index contributed by atoms with van der Waals surface area (Å²) in [6.07, 6.45) is 1.27. The number of alkyl halides is 1. The van der Waals surface area contributed by atoms with Crippen molar-refractivity contribution in [1.82, 2.24) is 4.98 Å². The number of halogens is 1. The van der Waals surface area contributed by atoms with Crippen LogP contribution >= 0.6 is 0 Å². The molecule has 0 bridgehead atoms. The highest BCUT2D eigenvalue weighted by atomic mass is 19.1. The molecular formula is C18H27FN2O3. The smallest absolute Gasteiger partial charge is 0.416 e. The molecule has 2 rings (SSSR count). The van der Waals surface area contributed by atoms with Crippen molar-refractivity contribution in [3.63, 3.8) is 0 Å². The Hall–Kier alpha value is -1.69. The third kappa shape index (κ3) is 5.16. The Morgan fingerprint density at radius 1 is 1.42 bits per heavy atom. The predicted octanol–water partition coefficient (Wildman–Crippen LogP) is 3.42. The fraction of sp³-hybridized carbons (Fsp3) is 0.667. The lowest BCUT2D eigenvalue weighted by Crippen LogP contribution is -2.40. The van der Waals surface area contributed by atoms with E-state index in [0.717, 1.165) is 24.1 Å². The van der Waals surface area contributed by atoms with E-state index in [1.54, 1.807) is 4.90 Å². The van der Waals surface area contributed by atoms with Gasteiger partial charge in [0.25, 0.3) is 0 Å². The molecule has 5 nitrogen and oxygen atoms in total. The van der Waals surface area contributed by atoms with E-state index in [-0.39, 0.29) is 13.0 Å². The fourth-order valence-corrected chi connectivity index (χ4v) is 2.70. The van der Waals surface area contributed by atoms with Gasteiger partial charge in [-0.1, -0.05) is 6.07 Å². The van der Waals surface area contributed by atoms with E-state index < -0.39 is 17.9 Å². The molecule has 1 aliphatic heterocycles. The second-order valence-corrected chi connectivity index (χ2v) is 7.17. The van der Waals surface area contributed by atoms with Crippen LogP contribution in [0.2, 0.25) is 0 Å². The van der Waals surface area contributed by atoms with Gasteiger partial charge in [-0.25, -0.2) is 14.2 Å². The average molecular weight is 338 g/mol. The Balaban J connectivity index is 2.12. The van der Waals surface area contributed by atoms with Gasteiger partial charge in [0.15, 0.2) is 0 Å². The third-order valence-corrected chi connectivity index (χ3v) is 3.87. The zero-order valence-corrected chi connectivity index (χ0v) is 14.7. The number of carbonyl (C=O) groups is 1. The number of aromatic nitrogens is 1. The quantitative estimate of drug-likeness (QED) is 0.893. The molecule has 0 radical (unpaired) electrons. The molecule has 1 atom stereocenters. The number of carbonyl (C=O) groups excluding carboxylic acids is 1. The van der Waals surface area contributed by atoms with Crippen LogP contribution in [0.1, 0.15) is 51.3 Å². The van der Waals surface area contributed by atoms with E-state index in [9.17, 15) is 9.18 Å². The van der Waals surface area contributed by atoms with Crippen LogP contribution in [0.25, 0.3) is 0 Å². The summed E-state index contributed by atoms with van der Waals surface area (Å²) >= 11 is 0.